The molecular formula is C94H184O17P2. The molecule has 0 spiro atoms. The van der Waals surface area contributed by atoms with Crippen LogP contribution in [0.3, 0.4) is 0 Å². The van der Waals surface area contributed by atoms with Crippen molar-refractivity contribution in [1.82, 2.24) is 0 Å². The number of phosphoric acid groups is 2. The highest BCUT2D eigenvalue weighted by Crippen LogP contribution is 2.45. The number of hydrogen-bond donors (Lipinski definition) is 3. The van der Waals surface area contributed by atoms with Crippen LogP contribution >= 0.6 is 15.6 Å². The van der Waals surface area contributed by atoms with Gasteiger partial charge >= 0.3 is 39.5 Å². The molecule has 113 heavy (non-hydrogen) atoms. The van der Waals surface area contributed by atoms with E-state index in [1.165, 1.54) is 295 Å². The average molecular weight is 1650 g/mol. The molecule has 8 atom stereocenters. The van der Waals surface area contributed by atoms with E-state index in [0.717, 1.165) is 120 Å². The second kappa shape index (κ2) is 82.4. The molecule has 672 valence electrons. The van der Waals surface area contributed by atoms with Crippen LogP contribution in [0.4, 0.5) is 0 Å². The Balaban J connectivity index is 5.20. The van der Waals surface area contributed by atoms with Crippen LogP contribution in [0.1, 0.15) is 498 Å². The fraction of sp³-hybridized carbons (Fsp3) is 0.957. The number of aliphatic hydroxyl groups is 1. The van der Waals surface area contributed by atoms with E-state index in [0.29, 0.717) is 25.7 Å². The second-order valence-corrected chi connectivity index (χ2v) is 37.9. The van der Waals surface area contributed by atoms with E-state index in [1.807, 2.05) is 0 Å². The smallest absolute Gasteiger partial charge is 0.462 e. The number of rotatable bonds is 91. The molecule has 0 aliphatic heterocycles. The van der Waals surface area contributed by atoms with Gasteiger partial charge in [0, 0.05) is 25.7 Å². The number of unbranched alkanes of at least 4 members (excludes halogenated alkanes) is 54. The molecular weight excluding hydrogens is 1460 g/mol. The molecule has 0 radical (unpaired) electrons. The normalized spacial score (nSPS) is 14.5. The minimum Gasteiger partial charge on any atom is -0.462 e. The maximum atomic E-state index is 13.2. The van der Waals surface area contributed by atoms with E-state index in [1.54, 1.807) is 0 Å². The summed E-state index contributed by atoms with van der Waals surface area (Å²) in [6, 6.07) is 0. The van der Waals surface area contributed by atoms with Gasteiger partial charge in [0.25, 0.3) is 0 Å². The average Bonchev–Trinajstić information content (AvgIpc) is 0.901. The Labute approximate surface area is 696 Å². The minimum atomic E-state index is -4.97. The zero-order valence-electron chi connectivity index (χ0n) is 75.0. The van der Waals surface area contributed by atoms with Crippen LogP contribution in [-0.2, 0) is 65.4 Å². The summed E-state index contributed by atoms with van der Waals surface area (Å²) < 4.78 is 69.1. The van der Waals surface area contributed by atoms with E-state index in [2.05, 4.69) is 55.4 Å². The van der Waals surface area contributed by atoms with Crippen LogP contribution in [0.2, 0.25) is 0 Å². The van der Waals surface area contributed by atoms with Gasteiger partial charge in [0.15, 0.2) is 12.2 Å². The summed E-state index contributed by atoms with van der Waals surface area (Å²) in [6.45, 7) is 14.5. The maximum Gasteiger partial charge on any atom is 0.472 e. The molecule has 0 aromatic rings. The Morgan fingerprint density at radius 2 is 0.425 bits per heavy atom. The monoisotopic (exact) mass is 1650 g/mol. The van der Waals surface area contributed by atoms with Gasteiger partial charge in [0.2, 0.25) is 0 Å². The van der Waals surface area contributed by atoms with Gasteiger partial charge in [-0.15, -0.1) is 0 Å². The second-order valence-electron chi connectivity index (χ2n) is 35.0. The summed E-state index contributed by atoms with van der Waals surface area (Å²) in [6.07, 6.45) is 75.1. The first-order chi connectivity index (χ1) is 54.7. The molecule has 0 saturated carbocycles. The third-order valence-corrected chi connectivity index (χ3v) is 25.1. The summed E-state index contributed by atoms with van der Waals surface area (Å²) in [5, 5.41) is 10.7. The zero-order valence-corrected chi connectivity index (χ0v) is 76.8. The number of hydrogen-bond acceptors (Lipinski definition) is 15. The standard InChI is InChI=1S/C94H184O17P2/c1-9-85(6)71-63-55-47-41-35-29-23-16-12-14-18-25-31-37-43-49-58-66-74-91(96)104-80-89(110-93(98)76-68-61-51-45-39-33-27-21-20-22-28-34-40-46-54-62-70-84(4)5)82-108-112(100,101)106-78-88(95)79-107-113(102,103)109-83-90(81-105-92(97)75-67-59-53-52-57-65-73-87(8)11-3)111-94(99)77-69-60-50-44-38-32-26-19-15-13-17-24-30-36-42-48-56-64-72-86(7)10-2/h84-90,95H,9-83H2,1-8H3,(H,100,101)(H,102,103)/t85?,86?,87?,88-,89-,90-/m1/s1. The molecule has 0 aromatic carbocycles. The van der Waals surface area contributed by atoms with Crippen LogP contribution in [0.25, 0.3) is 0 Å². The summed E-state index contributed by atoms with van der Waals surface area (Å²) in [7, 11) is -9.94. The van der Waals surface area contributed by atoms with Gasteiger partial charge in [-0.3, -0.25) is 37.3 Å². The molecule has 0 aromatic heterocycles. The lowest BCUT2D eigenvalue weighted by molar-refractivity contribution is -0.161. The number of ether oxygens (including phenoxy) is 4. The number of carbonyl (C=O) groups is 4. The Morgan fingerprint density at radius 3 is 0.628 bits per heavy atom. The van der Waals surface area contributed by atoms with Gasteiger partial charge in [0.1, 0.15) is 19.3 Å². The lowest BCUT2D eigenvalue weighted by atomic mass is 9.99. The first-order valence-corrected chi connectivity index (χ1v) is 51.3. The van der Waals surface area contributed by atoms with Gasteiger partial charge in [-0.25, -0.2) is 9.13 Å². The summed E-state index contributed by atoms with van der Waals surface area (Å²) >= 11 is 0. The van der Waals surface area contributed by atoms with Crippen molar-refractivity contribution in [3.8, 4) is 0 Å². The predicted octanol–water partition coefficient (Wildman–Crippen LogP) is 29.1. The highest BCUT2D eigenvalue weighted by Gasteiger charge is 2.31. The molecule has 0 amide bonds. The van der Waals surface area contributed by atoms with Crippen molar-refractivity contribution in [3.63, 3.8) is 0 Å². The molecule has 5 unspecified atom stereocenters. The fourth-order valence-corrected chi connectivity index (χ4v) is 16.2. The molecule has 0 aliphatic carbocycles. The van der Waals surface area contributed by atoms with Crippen molar-refractivity contribution >= 4 is 39.5 Å². The summed E-state index contributed by atoms with van der Waals surface area (Å²) in [5.74, 6) is 1.18. The zero-order chi connectivity index (χ0) is 83.0. The number of aliphatic hydroxyl groups excluding tert-OH is 1. The summed E-state index contributed by atoms with van der Waals surface area (Å²) in [4.78, 5) is 73.5. The number of carbonyl (C=O) groups excluding carboxylic acids is 4. The van der Waals surface area contributed by atoms with Crippen molar-refractivity contribution in [1.29, 1.82) is 0 Å². The van der Waals surface area contributed by atoms with E-state index in [4.69, 9.17) is 37.0 Å². The molecule has 0 fully saturated rings. The third-order valence-electron chi connectivity index (χ3n) is 23.2. The van der Waals surface area contributed by atoms with Crippen LogP contribution in [0.15, 0.2) is 0 Å². The Kier molecular flexibility index (Phi) is 81.0. The first-order valence-electron chi connectivity index (χ1n) is 48.3. The van der Waals surface area contributed by atoms with E-state index >= 15 is 0 Å². The lowest BCUT2D eigenvalue weighted by Gasteiger charge is -2.21. The van der Waals surface area contributed by atoms with E-state index in [-0.39, 0.29) is 25.7 Å². The van der Waals surface area contributed by atoms with E-state index in [9.17, 15) is 43.2 Å². The van der Waals surface area contributed by atoms with Crippen molar-refractivity contribution in [2.24, 2.45) is 23.7 Å². The van der Waals surface area contributed by atoms with Crippen LogP contribution < -0.4 is 0 Å². The van der Waals surface area contributed by atoms with Crippen LogP contribution in [0, 0.1) is 23.7 Å². The number of esters is 4. The molecule has 0 saturated heterocycles. The van der Waals surface area contributed by atoms with Gasteiger partial charge < -0.3 is 33.8 Å². The third kappa shape index (κ3) is 83.5. The fourth-order valence-electron chi connectivity index (χ4n) is 14.6. The first kappa shape index (κ1) is 111. The van der Waals surface area contributed by atoms with Crippen LogP contribution in [0.5, 0.6) is 0 Å². The van der Waals surface area contributed by atoms with Crippen molar-refractivity contribution in [3.05, 3.63) is 0 Å². The van der Waals surface area contributed by atoms with E-state index < -0.39 is 97.5 Å². The summed E-state index contributed by atoms with van der Waals surface area (Å²) in [5.41, 5.74) is 0. The van der Waals surface area contributed by atoms with Gasteiger partial charge in [-0.05, 0) is 49.4 Å². The Morgan fingerprint density at radius 1 is 0.248 bits per heavy atom. The van der Waals surface area contributed by atoms with Crippen molar-refractivity contribution in [2.45, 2.75) is 517 Å². The lowest BCUT2D eigenvalue weighted by Crippen LogP contribution is -2.30. The topological polar surface area (TPSA) is 237 Å². The maximum absolute atomic E-state index is 13.2. The van der Waals surface area contributed by atoms with Crippen molar-refractivity contribution in [2.75, 3.05) is 39.6 Å². The highest BCUT2D eigenvalue weighted by molar-refractivity contribution is 7.47. The predicted molar refractivity (Wildman–Crippen MR) is 469 cm³/mol. The van der Waals surface area contributed by atoms with Gasteiger partial charge in [0.05, 0.1) is 26.4 Å². The molecule has 0 bridgehead atoms. The quantitative estimate of drug-likeness (QED) is 0.0222. The van der Waals surface area contributed by atoms with Gasteiger partial charge in [-0.2, -0.15) is 0 Å². The molecule has 0 heterocycles. The van der Waals surface area contributed by atoms with Crippen molar-refractivity contribution < 1.29 is 80.2 Å². The molecule has 17 nitrogen and oxygen atoms in total. The SMILES string of the molecule is CCC(C)CCCCCCCCCCCCCCCCCCCCC(=O)OC[C@H](COP(=O)(O)OC[C@@H](O)COP(=O)(O)OC[C@@H](COC(=O)CCCCCCCCC(C)CC)OC(=O)CCCCCCCCCCCCCCCCCCCCC(C)CC)OC(=O)CCCCCCCCCCCCCCCCCCC(C)C. The molecule has 19 heteroatoms. The van der Waals surface area contributed by atoms with Gasteiger partial charge in [-0.1, -0.05) is 447 Å². The van der Waals surface area contributed by atoms with Crippen LogP contribution in [-0.4, -0.2) is 96.7 Å². The molecule has 0 aliphatic rings. The Hall–Kier alpha value is -1.94. The Bertz CT molecular complexity index is 2190. The molecule has 0 rings (SSSR count). The minimum absolute atomic E-state index is 0.107. The number of phosphoric ester groups is 2. The largest absolute Gasteiger partial charge is 0.472 e. The highest BCUT2D eigenvalue weighted by atomic mass is 31.2. The molecule has 3 N–H and O–H groups in total.